The van der Waals surface area contributed by atoms with Crippen LogP contribution < -0.4 is 15.1 Å². The fraction of sp³-hybridized carbons (Fsp3) is 0.462. The summed E-state index contributed by atoms with van der Waals surface area (Å²) in [6, 6.07) is 10.4. The molecule has 2 aromatic carbocycles. The molecule has 0 saturated carbocycles. The van der Waals surface area contributed by atoms with Crippen LogP contribution in [0.25, 0.3) is 0 Å². The molecule has 1 atom stereocenters. The normalized spacial score (nSPS) is 20.6. The first-order chi connectivity index (χ1) is 17.3. The zero-order valence-electron chi connectivity index (χ0n) is 20.2. The van der Waals surface area contributed by atoms with Crippen LogP contribution in [0.1, 0.15) is 44.1 Å². The molecule has 8 nitrogen and oxygen atoms in total. The van der Waals surface area contributed by atoms with Gasteiger partial charge in [0.05, 0.1) is 16.3 Å². The van der Waals surface area contributed by atoms with Gasteiger partial charge in [-0.3, -0.25) is 14.5 Å². The zero-order valence-corrected chi connectivity index (χ0v) is 21.0. The molecule has 3 aliphatic rings. The second kappa shape index (κ2) is 10.2. The minimum atomic E-state index is -3.70. The fourth-order valence-corrected chi connectivity index (χ4v) is 6.86. The van der Waals surface area contributed by atoms with Crippen molar-refractivity contribution in [2.24, 2.45) is 0 Å². The predicted octanol–water partition coefficient (Wildman–Crippen LogP) is 3.02. The van der Waals surface area contributed by atoms with E-state index in [0.29, 0.717) is 31.7 Å². The summed E-state index contributed by atoms with van der Waals surface area (Å²) in [5.41, 5.74) is 1.97. The third kappa shape index (κ3) is 4.84. The number of hydrogen-bond donors (Lipinski definition) is 1. The molecule has 5 rings (SSSR count). The first-order valence-electron chi connectivity index (χ1n) is 12.6. The Kier molecular flexibility index (Phi) is 6.98. The van der Waals surface area contributed by atoms with E-state index >= 15 is 0 Å². The van der Waals surface area contributed by atoms with Crippen molar-refractivity contribution in [3.05, 3.63) is 53.8 Å². The van der Waals surface area contributed by atoms with E-state index in [-0.39, 0.29) is 41.7 Å². The summed E-state index contributed by atoms with van der Waals surface area (Å²) in [4.78, 5) is 30.0. The van der Waals surface area contributed by atoms with Gasteiger partial charge in [-0.1, -0.05) is 18.6 Å². The number of nitrogens with one attached hydrogen (secondary N) is 1. The Balaban J connectivity index is 1.42. The minimum Gasteiger partial charge on any atom is -0.358 e. The maximum atomic E-state index is 13.5. The molecule has 2 amide bonds. The van der Waals surface area contributed by atoms with Gasteiger partial charge in [-0.2, -0.15) is 4.31 Å². The fourth-order valence-electron chi connectivity index (χ4n) is 5.32. The number of fused-ring (bicyclic) bond motifs is 3. The number of carbonyl (C=O) groups is 2. The van der Waals surface area contributed by atoms with Crippen LogP contribution in [0.4, 0.5) is 15.8 Å². The van der Waals surface area contributed by atoms with Gasteiger partial charge in [0.1, 0.15) is 18.4 Å². The van der Waals surface area contributed by atoms with E-state index in [0.717, 1.165) is 43.4 Å². The van der Waals surface area contributed by atoms with Gasteiger partial charge in [-0.15, -0.1) is 0 Å². The standard InChI is InChI=1S/C26H31FN4O4S/c27-20-9-7-19(8-10-20)17-28-25(32)18-31-24-16-21(36(34,35)29-13-3-1-4-14-29)11-12-22(24)30-15-5-2-6-23(30)26(31)33/h7-12,16,23H,1-6,13-15,17-18H2,(H,28,32)/t23-/m0/s1. The van der Waals surface area contributed by atoms with Gasteiger partial charge in [0.15, 0.2) is 0 Å². The van der Waals surface area contributed by atoms with Crippen LogP contribution in [0.2, 0.25) is 0 Å². The zero-order chi connectivity index (χ0) is 25.3. The van der Waals surface area contributed by atoms with E-state index in [9.17, 15) is 22.4 Å². The monoisotopic (exact) mass is 514 g/mol. The van der Waals surface area contributed by atoms with E-state index < -0.39 is 10.0 Å². The lowest BCUT2D eigenvalue weighted by molar-refractivity contribution is -0.125. The highest BCUT2D eigenvalue weighted by Gasteiger charge is 2.41. The summed E-state index contributed by atoms with van der Waals surface area (Å²) in [7, 11) is -3.70. The molecule has 0 unspecified atom stereocenters. The van der Waals surface area contributed by atoms with Gasteiger partial charge >= 0.3 is 0 Å². The van der Waals surface area contributed by atoms with E-state index in [4.69, 9.17) is 0 Å². The first kappa shape index (κ1) is 24.7. The number of nitrogens with zero attached hydrogens (tertiary/aromatic N) is 3. The van der Waals surface area contributed by atoms with Crippen molar-refractivity contribution in [3.8, 4) is 0 Å². The number of sulfonamides is 1. The Labute approximate surface area is 211 Å². The summed E-state index contributed by atoms with van der Waals surface area (Å²) >= 11 is 0. The van der Waals surface area contributed by atoms with Gasteiger partial charge in [0.25, 0.3) is 0 Å². The van der Waals surface area contributed by atoms with Gasteiger partial charge in [-0.05, 0) is 68.0 Å². The average molecular weight is 515 g/mol. The van der Waals surface area contributed by atoms with Crippen LogP contribution in [-0.4, -0.2) is 56.8 Å². The largest absolute Gasteiger partial charge is 0.358 e. The average Bonchev–Trinajstić information content (AvgIpc) is 2.91. The molecule has 10 heteroatoms. The molecule has 1 N–H and O–H groups in total. The highest BCUT2D eigenvalue weighted by Crippen LogP contribution is 2.41. The van der Waals surface area contributed by atoms with Gasteiger partial charge in [0.2, 0.25) is 21.8 Å². The van der Waals surface area contributed by atoms with Crippen molar-refractivity contribution in [1.29, 1.82) is 0 Å². The first-order valence-corrected chi connectivity index (χ1v) is 14.0. The van der Waals surface area contributed by atoms with Gasteiger partial charge in [0, 0.05) is 26.2 Å². The molecule has 0 aromatic heterocycles. The lowest BCUT2D eigenvalue weighted by atomic mass is 9.96. The third-order valence-electron chi connectivity index (χ3n) is 7.26. The summed E-state index contributed by atoms with van der Waals surface area (Å²) in [6.45, 7) is 1.67. The predicted molar refractivity (Wildman–Crippen MR) is 135 cm³/mol. The topological polar surface area (TPSA) is 90.0 Å². The van der Waals surface area contributed by atoms with Crippen molar-refractivity contribution >= 4 is 33.2 Å². The van der Waals surface area contributed by atoms with Crippen LogP contribution in [0.5, 0.6) is 0 Å². The van der Waals surface area contributed by atoms with Crippen LogP contribution in [0.15, 0.2) is 47.4 Å². The quantitative estimate of drug-likeness (QED) is 0.640. The molecule has 36 heavy (non-hydrogen) atoms. The highest BCUT2D eigenvalue weighted by molar-refractivity contribution is 7.89. The summed E-state index contributed by atoms with van der Waals surface area (Å²) in [5, 5.41) is 2.79. The Bertz CT molecular complexity index is 1250. The van der Waals surface area contributed by atoms with E-state index in [1.165, 1.54) is 21.3 Å². The molecule has 0 spiro atoms. The highest BCUT2D eigenvalue weighted by atomic mass is 32.2. The Morgan fingerprint density at radius 3 is 2.42 bits per heavy atom. The molecule has 0 aliphatic carbocycles. The van der Waals surface area contributed by atoms with Crippen LogP contribution in [0, 0.1) is 5.82 Å². The number of amides is 2. The van der Waals surface area contributed by atoms with Crippen molar-refractivity contribution < 1.29 is 22.4 Å². The number of hydrogen-bond acceptors (Lipinski definition) is 5. The number of piperidine rings is 2. The second-order valence-corrected chi connectivity index (χ2v) is 11.6. The number of carbonyl (C=O) groups excluding carboxylic acids is 2. The van der Waals surface area contributed by atoms with Crippen molar-refractivity contribution in [3.63, 3.8) is 0 Å². The lowest BCUT2D eigenvalue weighted by Gasteiger charge is -2.45. The smallest absolute Gasteiger partial charge is 0.250 e. The second-order valence-electron chi connectivity index (χ2n) is 9.65. The van der Waals surface area contributed by atoms with Gasteiger partial charge in [-0.25, -0.2) is 12.8 Å². The number of halogens is 1. The Hall–Kier alpha value is -2.98. The Morgan fingerprint density at radius 2 is 1.67 bits per heavy atom. The summed E-state index contributed by atoms with van der Waals surface area (Å²) < 4.78 is 41.4. The molecule has 3 heterocycles. The van der Waals surface area contributed by atoms with Crippen molar-refractivity contribution in [1.82, 2.24) is 9.62 Å². The molecular formula is C26H31FN4O4S. The summed E-state index contributed by atoms with van der Waals surface area (Å²) in [5.74, 6) is -0.910. The van der Waals surface area contributed by atoms with Crippen LogP contribution in [-0.2, 0) is 26.2 Å². The van der Waals surface area contributed by atoms with Crippen molar-refractivity contribution in [2.45, 2.75) is 56.0 Å². The van der Waals surface area contributed by atoms with Crippen molar-refractivity contribution in [2.75, 3.05) is 36.0 Å². The van der Waals surface area contributed by atoms with E-state index in [1.54, 1.807) is 30.3 Å². The molecule has 2 fully saturated rings. The molecule has 2 aromatic rings. The number of benzene rings is 2. The molecule has 0 radical (unpaired) electrons. The molecule has 2 saturated heterocycles. The van der Waals surface area contributed by atoms with Gasteiger partial charge < -0.3 is 10.2 Å². The molecule has 192 valence electrons. The number of rotatable bonds is 6. The molecular weight excluding hydrogens is 483 g/mol. The molecule has 0 bridgehead atoms. The maximum Gasteiger partial charge on any atom is 0.250 e. The van der Waals surface area contributed by atoms with Crippen LogP contribution in [0.3, 0.4) is 0 Å². The lowest BCUT2D eigenvalue weighted by Crippen LogP contribution is -2.57. The Morgan fingerprint density at radius 1 is 0.944 bits per heavy atom. The minimum absolute atomic E-state index is 0.142. The third-order valence-corrected chi connectivity index (χ3v) is 9.15. The van der Waals surface area contributed by atoms with E-state index in [2.05, 4.69) is 5.32 Å². The number of anilines is 2. The summed E-state index contributed by atoms with van der Waals surface area (Å²) in [6.07, 6.45) is 5.25. The van der Waals surface area contributed by atoms with Crippen LogP contribution >= 0.6 is 0 Å². The molecule has 3 aliphatic heterocycles. The maximum absolute atomic E-state index is 13.5. The SMILES string of the molecule is O=C(CN1C(=O)[C@@H]2CCCCN2c2ccc(S(=O)(=O)N3CCCCC3)cc21)NCc1ccc(F)cc1. The van der Waals surface area contributed by atoms with E-state index in [1.807, 2.05) is 4.90 Å².